The van der Waals surface area contributed by atoms with E-state index in [1.54, 1.807) is 0 Å². The SMILES string of the molecule is CCN1CCN([C@H](c2cc3cc4c(cc3[nH]c2=O)OCO4)c2nnnn2C2CCCCC2)CC1. The van der Waals surface area contributed by atoms with Gasteiger partial charge in [0.25, 0.3) is 5.56 Å². The van der Waals surface area contributed by atoms with Crippen molar-refractivity contribution in [2.75, 3.05) is 39.5 Å². The maximum Gasteiger partial charge on any atom is 0.253 e. The maximum atomic E-state index is 13.5. The van der Waals surface area contributed by atoms with Crippen LogP contribution in [0.25, 0.3) is 10.9 Å². The van der Waals surface area contributed by atoms with Crippen molar-refractivity contribution in [3.8, 4) is 11.5 Å². The van der Waals surface area contributed by atoms with Crippen LogP contribution >= 0.6 is 0 Å². The molecule has 0 unspecified atom stereocenters. The molecule has 3 aliphatic rings. The Labute approximate surface area is 197 Å². The summed E-state index contributed by atoms with van der Waals surface area (Å²) in [5, 5.41) is 13.9. The zero-order chi connectivity index (χ0) is 23.1. The van der Waals surface area contributed by atoms with Crippen LogP contribution in [0.1, 0.15) is 62.5 Å². The van der Waals surface area contributed by atoms with Gasteiger partial charge in [-0.15, -0.1) is 5.10 Å². The molecular weight excluding hydrogens is 434 g/mol. The Balaban J connectivity index is 1.45. The van der Waals surface area contributed by atoms with Gasteiger partial charge < -0.3 is 19.4 Å². The number of likely N-dealkylation sites (N-methyl/N-ethyl adjacent to an activating group) is 1. The van der Waals surface area contributed by atoms with Gasteiger partial charge in [-0.05, 0) is 41.9 Å². The van der Waals surface area contributed by atoms with Gasteiger partial charge in [-0.3, -0.25) is 9.69 Å². The Bertz CT molecular complexity index is 1230. The lowest BCUT2D eigenvalue weighted by Gasteiger charge is -2.38. The molecule has 10 heteroatoms. The van der Waals surface area contributed by atoms with Crippen molar-refractivity contribution in [1.82, 2.24) is 35.0 Å². The highest BCUT2D eigenvalue weighted by Crippen LogP contribution is 2.37. The van der Waals surface area contributed by atoms with Crippen LogP contribution in [-0.4, -0.2) is 74.5 Å². The molecule has 34 heavy (non-hydrogen) atoms. The number of fused-ring (bicyclic) bond motifs is 2. The van der Waals surface area contributed by atoms with E-state index in [0.29, 0.717) is 17.1 Å². The first kappa shape index (κ1) is 21.5. The van der Waals surface area contributed by atoms with Crippen LogP contribution in [0.2, 0.25) is 0 Å². The van der Waals surface area contributed by atoms with Crippen molar-refractivity contribution >= 4 is 10.9 Å². The standard InChI is InChI=1S/C24H31N7O3/c1-2-29-8-10-30(11-9-29)22(23-26-27-28-31(23)17-6-4-3-5-7-17)18-12-16-13-20-21(34-15-33-20)14-19(16)25-24(18)32/h12-14,17,22H,2-11,15H2,1H3,(H,25,32)/t22-/m1/s1. The van der Waals surface area contributed by atoms with Gasteiger partial charge in [0, 0.05) is 43.2 Å². The van der Waals surface area contributed by atoms with E-state index in [2.05, 4.69) is 37.2 Å². The summed E-state index contributed by atoms with van der Waals surface area (Å²) in [6, 6.07) is 5.73. The first-order valence-electron chi connectivity index (χ1n) is 12.4. The first-order chi connectivity index (χ1) is 16.7. The van der Waals surface area contributed by atoms with Crippen LogP contribution in [0.15, 0.2) is 23.0 Å². The molecule has 0 spiro atoms. The minimum absolute atomic E-state index is 0.118. The number of rotatable bonds is 5. The van der Waals surface area contributed by atoms with Crippen LogP contribution in [-0.2, 0) is 0 Å². The van der Waals surface area contributed by atoms with Crippen LogP contribution in [0.5, 0.6) is 11.5 Å². The van der Waals surface area contributed by atoms with E-state index in [9.17, 15) is 4.79 Å². The molecule has 0 amide bonds. The fourth-order valence-corrected chi connectivity index (χ4v) is 5.62. The average Bonchev–Trinajstić information content (AvgIpc) is 3.54. The Morgan fingerprint density at radius 1 is 1.06 bits per heavy atom. The molecule has 2 aliphatic heterocycles. The number of piperazine rings is 1. The van der Waals surface area contributed by atoms with Gasteiger partial charge >= 0.3 is 0 Å². The molecule has 2 fully saturated rings. The third-order valence-corrected chi connectivity index (χ3v) is 7.56. The van der Waals surface area contributed by atoms with E-state index in [1.165, 1.54) is 19.3 Å². The zero-order valence-corrected chi connectivity index (χ0v) is 19.6. The molecule has 1 saturated heterocycles. The summed E-state index contributed by atoms with van der Waals surface area (Å²) >= 11 is 0. The molecule has 1 aliphatic carbocycles. The van der Waals surface area contributed by atoms with Crippen LogP contribution < -0.4 is 15.0 Å². The van der Waals surface area contributed by atoms with Crippen molar-refractivity contribution in [3.63, 3.8) is 0 Å². The Kier molecular flexibility index (Phi) is 5.70. The van der Waals surface area contributed by atoms with Crippen molar-refractivity contribution in [1.29, 1.82) is 0 Å². The van der Waals surface area contributed by atoms with E-state index in [-0.39, 0.29) is 24.4 Å². The van der Waals surface area contributed by atoms with E-state index in [1.807, 2.05) is 22.9 Å². The zero-order valence-electron chi connectivity index (χ0n) is 19.6. The number of H-pyrrole nitrogens is 1. The van der Waals surface area contributed by atoms with Gasteiger partial charge in [0.15, 0.2) is 17.3 Å². The molecule has 1 aromatic carbocycles. The third-order valence-electron chi connectivity index (χ3n) is 7.56. The van der Waals surface area contributed by atoms with E-state index >= 15 is 0 Å². The molecule has 10 nitrogen and oxygen atoms in total. The fourth-order valence-electron chi connectivity index (χ4n) is 5.62. The summed E-state index contributed by atoms with van der Waals surface area (Å²) < 4.78 is 13.1. The van der Waals surface area contributed by atoms with Gasteiger partial charge in [0.05, 0.1) is 11.6 Å². The largest absolute Gasteiger partial charge is 0.454 e. The highest BCUT2D eigenvalue weighted by Gasteiger charge is 2.34. The highest BCUT2D eigenvalue weighted by molar-refractivity contribution is 5.83. The monoisotopic (exact) mass is 465 g/mol. The molecule has 180 valence electrons. The van der Waals surface area contributed by atoms with Crippen molar-refractivity contribution in [3.05, 3.63) is 39.9 Å². The predicted octanol–water partition coefficient (Wildman–Crippen LogP) is 2.48. The number of pyridine rings is 1. The summed E-state index contributed by atoms with van der Waals surface area (Å²) in [5.41, 5.74) is 1.29. The second-order valence-corrected chi connectivity index (χ2v) is 9.49. The van der Waals surface area contributed by atoms with Gasteiger partial charge in [-0.25, -0.2) is 4.68 Å². The molecule has 1 saturated carbocycles. The van der Waals surface area contributed by atoms with E-state index in [0.717, 1.165) is 62.3 Å². The fraction of sp³-hybridized carbons (Fsp3) is 0.583. The molecule has 1 atom stereocenters. The summed E-state index contributed by atoms with van der Waals surface area (Å²) in [6.45, 7) is 7.05. The van der Waals surface area contributed by atoms with Crippen LogP contribution in [0.3, 0.4) is 0 Å². The molecule has 4 heterocycles. The molecule has 1 N–H and O–H groups in total. The normalized spacial score (nSPS) is 20.7. The maximum absolute atomic E-state index is 13.5. The van der Waals surface area contributed by atoms with Gasteiger partial charge in [0.1, 0.15) is 6.04 Å². The molecule has 6 rings (SSSR count). The topological polar surface area (TPSA) is 101 Å². The number of nitrogens with one attached hydrogen (secondary N) is 1. The van der Waals surface area contributed by atoms with Crippen LogP contribution in [0.4, 0.5) is 0 Å². The third kappa shape index (κ3) is 3.84. The second-order valence-electron chi connectivity index (χ2n) is 9.49. The highest BCUT2D eigenvalue weighted by atomic mass is 16.7. The van der Waals surface area contributed by atoms with E-state index in [4.69, 9.17) is 9.47 Å². The molecule has 0 bridgehead atoms. The summed E-state index contributed by atoms with van der Waals surface area (Å²) in [4.78, 5) is 21.4. The van der Waals surface area contributed by atoms with Crippen molar-refractivity contribution in [2.45, 2.75) is 51.1 Å². The number of hydrogen-bond acceptors (Lipinski definition) is 8. The van der Waals surface area contributed by atoms with Gasteiger partial charge in [0.2, 0.25) is 6.79 Å². The number of nitrogens with zero attached hydrogens (tertiary/aromatic N) is 6. The van der Waals surface area contributed by atoms with Gasteiger partial charge in [-0.1, -0.05) is 26.2 Å². The van der Waals surface area contributed by atoms with Crippen molar-refractivity contribution in [2.24, 2.45) is 0 Å². The molecular formula is C24H31N7O3. The number of aromatic amines is 1. The Hall–Kier alpha value is -2.98. The molecule has 3 aromatic rings. The predicted molar refractivity (Wildman–Crippen MR) is 126 cm³/mol. The van der Waals surface area contributed by atoms with Crippen LogP contribution in [0, 0.1) is 0 Å². The lowest BCUT2D eigenvalue weighted by molar-refractivity contribution is 0.106. The van der Waals surface area contributed by atoms with E-state index < -0.39 is 0 Å². The smallest absolute Gasteiger partial charge is 0.253 e. The number of tetrazole rings is 1. The minimum Gasteiger partial charge on any atom is -0.454 e. The number of benzene rings is 1. The summed E-state index contributed by atoms with van der Waals surface area (Å²) in [7, 11) is 0. The number of aromatic nitrogens is 5. The molecule has 2 aromatic heterocycles. The minimum atomic E-state index is -0.311. The second kappa shape index (κ2) is 8.99. The quantitative estimate of drug-likeness (QED) is 0.613. The first-order valence-corrected chi connectivity index (χ1v) is 12.4. The number of ether oxygens (including phenoxy) is 2. The lowest BCUT2D eigenvalue weighted by Crippen LogP contribution is -2.49. The van der Waals surface area contributed by atoms with Gasteiger partial charge in [-0.2, -0.15) is 0 Å². The van der Waals surface area contributed by atoms with Crippen molar-refractivity contribution < 1.29 is 9.47 Å². The average molecular weight is 466 g/mol. The number of hydrogen-bond donors (Lipinski definition) is 1. The summed E-state index contributed by atoms with van der Waals surface area (Å²) in [6.07, 6.45) is 5.79. The molecule has 0 radical (unpaired) electrons. The summed E-state index contributed by atoms with van der Waals surface area (Å²) in [5.74, 6) is 2.12. The Morgan fingerprint density at radius 2 is 1.82 bits per heavy atom. The Morgan fingerprint density at radius 3 is 2.59 bits per heavy atom. The lowest BCUT2D eigenvalue weighted by atomic mass is 9.95.